The molecule has 0 heterocycles. The summed E-state index contributed by atoms with van der Waals surface area (Å²) in [5.41, 5.74) is 7.04. The van der Waals surface area contributed by atoms with Gasteiger partial charge in [0.25, 0.3) is 0 Å². The van der Waals surface area contributed by atoms with E-state index in [1.54, 1.807) is 0 Å². The molecule has 0 radical (unpaired) electrons. The molecule has 0 bridgehead atoms. The summed E-state index contributed by atoms with van der Waals surface area (Å²) < 4.78 is 0. The van der Waals surface area contributed by atoms with Crippen molar-refractivity contribution in [1.82, 2.24) is 0 Å². The van der Waals surface area contributed by atoms with Crippen molar-refractivity contribution in [3.8, 4) is 0 Å². The highest BCUT2D eigenvalue weighted by Gasteiger charge is 2.59. The second-order valence-electron chi connectivity index (χ2n) is 9.33. The predicted molar refractivity (Wildman–Crippen MR) is 85.7 cm³/mol. The average molecular weight is 291 g/mol. The van der Waals surface area contributed by atoms with E-state index in [9.17, 15) is 5.11 Å². The van der Waals surface area contributed by atoms with Crippen LogP contribution < -0.4 is 5.73 Å². The molecule has 21 heavy (non-hydrogen) atoms. The Morgan fingerprint density at radius 3 is 2.38 bits per heavy atom. The molecule has 4 rings (SSSR count). The molecule has 0 unspecified atom stereocenters. The Bertz CT molecular complexity index is 424. The number of nitrogens with two attached hydrogens (primary N) is 1. The van der Waals surface area contributed by atoms with Crippen LogP contribution in [0, 0.1) is 34.5 Å². The largest absolute Gasteiger partial charge is 0.393 e. The van der Waals surface area contributed by atoms with Crippen molar-refractivity contribution in [2.24, 2.45) is 40.2 Å². The lowest BCUT2D eigenvalue weighted by molar-refractivity contribution is -0.122. The SMILES string of the molecule is C[C@@]12CC[C@H]3[C@@H](CC[C@H]4C[C@@H](N)CC[C@]43C)[C@H]1CC[C@@H]2O. The lowest BCUT2D eigenvalue weighted by Gasteiger charge is -2.60. The summed E-state index contributed by atoms with van der Waals surface area (Å²) in [4.78, 5) is 0. The van der Waals surface area contributed by atoms with Gasteiger partial charge in [0.05, 0.1) is 6.10 Å². The number of fused-ring (bicyclic) bond motifs is 5. The summed E-state index contributed by atoms with van der Waals surface area (Å²) in [5.74, 6) is 3.46. The standard InChI is InChI=1S/C19H33NO/c1-18-9-7-13(20)11-12(18)3-4-14-15-5-6-17(21)19(15,2)10-8-16(14)18/h12-17,21H,3-11,20H2,1-2H3/t12-,13-,14-,15+,16-,17-,18+,19+/m0/s1. The Hall–Kier alpha value is -0.0800. The zero-order valence-electron chi connectivity index (χ0n) is 13.9. The minimum atomic E-state index is -0.0336. The molecule has 4 aliphatic rings. The lowest BCUT2D eigenvalue weighted by Crippen LogP contribution is -2.55. The first-order valence-electron chi connectivity index (χ1n) is 9.39. The highest BCUT2D eigenvalue weighted by atomic mass is 16.3. The van der Waals surface area contributed by atoms with Crippen LogP contribution in [-0.2, 0) is 0 Å². The van der Waals surface area contributed by atoms with Crippen LogP contribution in [0.2, 0.25) is 0 Å². The van der Waals surface area contributed by atoms with Gasteiger partial charge < -0.3 is 10.8 Å². The molecule has 8 atom stereocenters. The molecular formula is C19H33NO. The van der Waals surface area contributed by atoms with Crippen LogP contribution >= 0.6 is 0 Å². The van der Waals surface area contributed by atoms with Crippen molar-refractivity contribution < 1.29 is 5.11 Å². The van der Waals surface area contributed by atoms with Crippen LogP contribution in [-0.4, -0.2) is 17.3 Å². The third-order valence-corrected chi connectivity index (χ3v) is 8.66. The number of aliphatic hydroxyl groups excluding tert-OH is 1. The van der Waals surface area contributed by atoms with Crippen LogP contribution in [0.5, 0.6) is 0 Å². The maximum atomic E-state index is 10.5. The number of aliphatic hydroxyl groups is 1. The minimum Gasteiger partial charge on any atom is -0.393 e. The number of rotatable bonds is 0. The highest BCUT2D eigenvalue weighted by Crippen LogP contribution is 2.66. The zero-order valence-corrected chi connectivity index (χ0v) is 13.9. The molecule has 2 nitrogen and oxygen atoms in total. The van der Waals surface area contributed by atoms with Crippen LogP contribution in [0.3, 0.4) is 0 Å². The second kappa shape index (κ2) is 4.71. The molecule has 0 spiro atoms. The number of hydrogen-bond acceptors (Lipinski definition) is 2. The Balaban J connectivity index is 1.62. The first kappa shape index (κ1) is 14.5. The molecule has 4 aliphatic carbocycles. The molecule has 4 saturated carbocycles. The van der Waals surface area contributed by atoms with Gasteiger partial charge >= 0.3 is 0 Å². The minimum absolute atomic E-state index is 0.0336. The molecule has 2 heteroatoms. The summed E-state index contributed by atoms with van der Waals surface area (Å²) in [6.45, 7) is 4.98. The van der Waals surface area contributed by atoms with Crippen LogP contribution in [0.4, 0.5) is 0 Å². The highest BCUT2D eigenvalue weighted by molar-refractivity contribution is 5.09. The normalized spacial score (nSPS) is 60.0. The van der Waals surface area contributed by atoms with E-state index in [2.05, 4.69) is 13.8 Å². The molecular weight excluding hydrogens is 258 g/mol. The molecule has 0 amide bonds. The van der Waals surface area contributed by atoms with Crippen molar-refractivity contribution in [2.45, 2.75) is 83.8 Å². The summed E-state index contributed by atoms with van der Waals surface area (Å²) in [5, 5.41) is 10.5. The molecule has 4 fully saturated rings. The van der Waals surface area contributed by atoms with Crippen LogP contribution in [0.25, 0.3) is 0 Å². The smallest absolute Gasteiger partial charge is 0.0596 e. The topological polar surface area (TPSA) is 46.2 Å². The summed E-state index contributed by atoms with van der Waals surface area (Å²) >= 11 is 0. The van der Waals surface area contributed by atoms with Crippen molar-refractivity contribution in [3.63, 3.8) is 0 Å². The van der Waals surface area contributed by atoms with Crippen molar-refractivity contribution >= 4 is 0 Å². The fraction of sp³-hybridized carbons (Fsp3) is 1.00. The van der Waals surface area contributed by atoms with Gasteiger partial charge in [0.1, 0.15) is 0 Å². The van der Waals surface area contributed by atoms with Gasteiger partial charge in [-0.05, 0) is 92.3 Å². The molecule has 0 aromatic rings. The third-order valence-electron chi connectivity index (χ3n) is 8.66. The molecule has 120 valence electrons. The molecule has 0 saturated heterocycles. The quantitative estimate of drug-likeness (QED) is 0.714. The van der Waals surface area contributed by atoms with Crippen LogP contribution in [0.1, 0.15) is 71.6 Å². The predicted octanol–water partition coefficient (Wildman–Crippen LogP) is 3.72. The fourth-order valence-corrected chi connectivity index (χ4v) is 7.26. The van der Waals surface area contributed by atoms with Gasteiger partial charge in [0.15, 0.2) is 0 Å². The Morgan fingerprint density at radius 1 is 0.857 bits per heavy atom. The Morgan fingerprint density at radius 2 is 1.57 bits per heavy atom. The van der Waals surface area contributed by atoms with Crippen LogP contribution in [0.15, 0.2) is 0 Å². The maximum absolute atomic E-state index is 10.5. The van der Waals surface area contributed by atoms with Gasteiger partial charge in [-0.15, -0.1) is 0 Å². The lowest BCUT2D eigenvalue weighted by atomic mass is 9.45. The van der Waals surface area contributed by atoms with Crippen molar-refractivity contribution in [3.05, 3.63) is 0 Å². The monoisotopic (exact) mass is 291 g/mol. The van der Waals surface area contributed by atoms with Gasteiger partial charge in [-0.25, -0.2) is 0 Å². The van der Waals surface area contributed by atoms with E-state index in [1.165, 1.54) is 51.4 Å². The van der Waals surface area contributed by atoms with E-state index in [0.717, 1.165) is 30.1 Å². The van der Waals surface area contributed by atoms with Gasteiger partial charge in [0.2, 0.25) is 0 Å². The summed E-state index contributed by atoms with van der Waals surface area (Å²) in [7, 11) is 0. The zero-order chi connectivity index (χ0) is 14.8. The van der Waals surface area contributed by atoms with Gasteiger partial charge in [-0.1, -0.05) is 13.8 Å². The third kappa shape index (κ3) is 1.91. The van der Waals surface area contributed by atoms with E-state index < -0.39 is 0 Å². The van der Waals surface area contributed by atoms with E-state index >= 15 is 0 Å². The first-order chi connectivity index (χ1) is 9.95. The Kier molecular flexibility index (Phi) is 3.25. The van der Waals surface area contributed by atoms with E-state index in [1.807, 2.05) is 0 Å². The number of hydrogen-bond donors (Lipinski definition) is 2. The van der Waals surface area contributed by atoms with Crippen molar-refractivity contribution in [2.75, 3.05) is 0 Å². The summed E-state index contributed by atoms with van der Waals surface area (Å²) in [6, 6.07) is 0.460. The second-order valence-corrected chi connectivity index (χ2v) is 9.33. The van der Waals surface area contributed by atoms with Gasteiger partial charge in [0, 0.05) is 6.04 Å². The van der Waals surface area contributed by atoms with E-state index in [0.29, 0.717) is 11.5 Å². The van der Waals surface area contributed by atoms with Gasteiger partial charge in [-0.3, -0.25) is 0 Å². The molecule has 0 aromatic carbocycles. The van der Waals surface area contributed by atoms with E-state index in [-0.39, 0.29) is 11.5 Å². The maximum Gasteiger partial charge on any atom is 0.0596 e. The van der Waals surface area contributed by atoms with E-state index in [4.69, 9.17) is 5.73 Å². The molecule has 0 aliphatic heterocycles. The molecule has 0 aromatic heterocycles. The summed E-state index contributed by atoms with van der Waals surface area (Å²) in [6.07, 6.45) is 11.6. The van der Waals surface area contributed by atoms with Gasteiger partial charge in [-0.2, -0.15) is 0 Å². The first-order valence-corrected chi connectivity index (χ1v) is 9.39. The Labute approximate surface area is 129 Å². The van der Waals surface area contributed by atoms with Crippen molar-refractivity contribution in [1.29, 1.82) is 0 Å². The fourth-order valence-electron chi connectivity index (χ4n) is 7.26. The average Bonchev–Trinajstić information content (AvgIpc) is 2.76. The molecule has 3 N–H and O–H groups in total.